The molecule has 6 nitrogen and oxygen atoms in total. The van der Waals surface area contributed by atoms with Gasteiger partial charge in [0.1, 0.15) is 11.8 Å². The van der Waals surface area contributed by atoms with Gasteiger partial charge in [0.2, 0.25) is 0 Å². The van der Waals surface area contributed by atoms with Crippen LogP contribution >= 0.6 is 11.6 Å². The van der Waals surface area contributed by atoms with Crippen molar-refractivity contribution in [1.29, 1.82) is 0 Å². The largest absolute Gasteiger partial charge is 0.362 e. The summed E-state index contributed by atoms with van der Waals surface area (Å²) < 4.78 is 0. The smallest absolute Gasteiger partial charge is 0.182 e. The van der Waals surface area contributed by atoms with Crippen LogP contribution in [-0.2, 0) is 0 Å². The molecule has 2 N–H and O–H groups in total. The van der Waals surface area contributed by atoms with E-state index in [-0.39, 0.29) is 6.04 Å². The molecule has 1 unspecified atom stereocenters. The third kappa shape index (κ3) is 3.13. The molecule has 0 saturated carbocycles. The van der Waals surface area contributed by atoms with E-state index in [0.29, 0.717) is 11.5 Å². The van der Waals surface area contributed by atoms with Crippen molar-refractivity contribution in [3.8, 4) is 11.1 Å². The molecule has 0 saturated heterocycles. The van der Waals surface area contributed by atoms with E-state index >= 15 is 0 Å². The van der Waals surface area contributed by atoms with Crippen LogP contribution in [-0.4, -0.2) is 24.9 Å². The van der Waals surface area contributed by atoms with Crippen molar-refractivity contribution in [3.63, 3.8) is 0 Å². The van der Waals surface area contributed by atoms with Crippen LogP contribution in [0, 0.1) is 13.8 Å². The highest BCUT2D eigenvalue weighted by atomic mass is 35.5. The minimum atomic E-state index is -0.00918. The minimum Gasteiger partial charge on any atom is -0.362 e. The van der Waals surface area contributed by atoms with E-state index in [9.17, 15) is 0 Å². The van der Waals surface area contributed by atoms with Crippen molar-refractivity contribution in [1.82, 2.24) is 24.9 Å². The Labute approximate surface area is 162 Å². The first-order chi connectivity index (χ1) is 13.1. The Morgan fingerprint density at radius 2 is 1.85 bits per heavy atom. The Morgan fingerprint density at radius 3 is 2.63 bits per heavy atom. The standard InChI is InChI=1S/C20H19ClN6/c1-11-15(8-16(21)12(2)17(11)14-4-6-22-7-5-14)13(3)27-20-18-19(24-9-23-18)25-10-26-20/h4-10,13H,1-3H3,(H2,23,24,25,26,27). The van der Waals surface area contributed by atoms with Gasteiger partial charge in [0.25, 0.3) is 0 Å². The highest BCUT2D eigenvalue weighted by Crippen LogP contribution is 2.37. The van der Waals surface area contributed by atoms with Crippen LogP contribution < -0.4 is 5.32 Å². The Kier molecular flexibility index (Phi) is 4.49. The first-order valence-corrected chi connectivity index (χ1v) is 9.04. The maximum atomic E-state index is 6.58. The van der Waals surface area contributed by atoms with E-state index in [1.807, 2.05) is 25.1 Å². The number of fused-ring (bicyclic) bond motifs is 1. The van der Waals surface area contributed by atoms with Crippen LogP contribution in [0.5, 0.6) is 0 Å². The SMILES string of the molecule is Cc1c(Cl)cc(C(C)Nc2ncnc3nc[nH]c23)c(C)c1-c1ccncc1. The number of halogens is 1. The summed E-state index contributed by atoms with van der Waals surface area (Å²) in [6, 6.07) is 6.03. The van der Waals surface area contributed by atoms with Gasteiger partial charge in [-0.15, -0.1) is 0 Å². The lowest BCUT2D eigenvalue weighted by atomic mass is 9.90. The lowest BCUT2D eigenvalue weighted by Crippen LogP contribution is -2.11. The number of aromatic amines is 1. The number of hydrogen-bond donors (Lipinski definition) is 2. The van der Waals surface area contributed by atoms with Gasteiger partial charge >= 0.3 is 0 Å². The van der Waals surface area contributed by atoms with Crippen LogP contribution in [0.15, 0.2) is 43.2 Å². The molecule has 27 heavy (non-hydrogen) atoms. The number of benzene rings is 1. The fourth-order valence-corrected chi connectivity index (χ4v) is 3.67. The molecule has 0 amide bonds. The summed E-state index contributed by atoms with van der Waals surface area (Å²) in [5, 5.41) is 4.20. The molecule has 0 bridgehead atoms. The number of aromatic nitrogens is 5. The average molecular weight is 379 g/mol. The van der Waals surface area contributed by atoms with Crippen LogP contribution in [0.2, 0.25) is 5.02 Å². The molecular weight excluding hydrogens is 360 g/mol. The molecule has 7 heteroatoms. The Hall–Kier alpha value is -2.99. The lowest BCUT2D eigenvalue weighted by Gasteiger charge is -2.22. The summed E-state index contributed by atoms with van der Waals surface area (Å²) in [6.07, 6.45) is 6.72. The van der Waals surface area contributed by atoms with E-state index in [2.05, 4.69) is 44.1 Å². The van der Waals surface area contributed by atoms with Gasteiger partial charge < -0.3 is 10.3 Å². The number of anilines is 1. The van der Waals surface area contributed by atoms with Crippen LogP contribution in [0.25, 0.3) is 22.3 Å². The maximum Gasteiger partial charge on any atom is 0.182 e. The molecule has 4 rings (SSSR count). The number of pyridine rings is 1. The van der Waals surface area contributed by atoms with Gasteiger partial charge in [-0.25, -0.2) is 15.0 Å². The Bertz CT molecular complexity index is 1110. The number of hydrogen-bond acceptors (Lipinski definition) is 5. The topological polar surface area (TPSA) is 79.4 Å². The highest BCUT2D eigenvalue weighted by Gasteiger charge is 2.18. The molecule has 3 aromatic heterocycles. The molecule has 0 spiro atoms. The zero-order valence-electron chi connectivity index (χ0n) is 15.3. The third-order valence-corrected chi connectivity index (χ3v) is 5.23. The lowest BCUT2D eigenvalue weighted by molar-refractivity contribution is 0.865. The van der Waals surface area contributed by atoms with E-state index in [1.165, 1.54) is 11.9 Å². The first-order valence-electron chi connectivity index (χ1n) is 8.67. The molecule has 4 aromatic rings. The summed E-state index contributed by atoms with van der Waals surface area (Å²) >= 11 is 6.58. The second-order valence-corrected chi connectivity index (χ2v) is 6.91. The van der Waals surface area contributed by atoms with Gasteiger partial charge in [0.05, 0.1) is 12.4 Å². The normalized spacial score (nSPS) is 12.3. The van der Waals surface area contributed by atoms with Gasteiger partial charge in [-0.05, 0) is 66.8 Å². The summed E-state index contributed by atoms with van der Waals surface area (Å²) in [4.78, 5) is 19.9. The van der Waals surface area contributed by atoms with Crippen molar-refractivity contribution in [2.24, 2.45) is 0 Å². The monoisotopic (exact) mass is 378 g/mol. The average Bonchev–Trinajstić information content (AvgIpc) is 3.15. The Morgan fingerprint density at radius 1 is 1.07 bits per heavy atom. The van der Waals surface area contributed by atoms with Crippen LogP contribution in [0.1, 0.15) is 29.7 Å². The molecule has 0 aliphatic heterocycles. The molecule has 1 atom stereocenters. The maximum absolute atomic E-state index is 6.58. The van der Waals surface area contributed by atoms with Gasteiger partial charge in [-0.3, -0.25) is 4.98 Å². The van der Waals surface area contributed by atoms with Crippen molar-refractivity contribution in [3.05, 3.63) is 65.0 Å². The molecule has 0 aliphatic rings. The minimum absolute atomic E-state index is 0.00918. The molecule has 0 fully saturated rings. The van der Waals surface area contributed by atoms with Crippen molar-refractivity contribution in [2.45, 2.75) is 26.8 Å². The number of H-pyrrole nitrogens is 1. The molecule has 0 aliphatic carbocycles. The Balaban J connectivity index is 1.77. The number of rotatable bonds is 4. The van der Waals surface area contributed by atoms with Gasteiger partial charge in [0.15, 0.2) is 11.5 Å². The molecule has 0 radical (unpaired) electrons. The first kappa shape index (κ1) is 17.4. The van der Waals surface area contributed by atoms with Crippen molar-refractivity contribution >= 4 is 28.6 Å². The molecule has 1 aromatic carbocycles. The predicted molar refractivity (Wildman–Crippen MR) is 108 cm³/mol. The second kappa shape index (κ2) is 6.96. The number of imidazole rings is 1. The van der Waals surface area contributed by atoms with E-state index < -0.39 is 0 Å². The summed E-state index contributed by atoms with van der Waals surface area (Å²) in [5.74, 6) is 0.714. The molecule has 136 valence electrons. The van der Waals surface area contributed by atoms with Gasteiger partial charge in [0, 0.05) is 17.4 Å². The number of nitrogens with one attached hydrogen (secondary N) is 2. The molecular formula is C20H19ClN6. The van der Waals surface area contributed by atoms with E-state index in [4.69, 9.17) is 11.6 Å². The highest BCUT2D eigenvalue weighted by molar-refractivity contribution is 6.32. The third-order valence-electron chi connectivity index (χ3n) is 4.84. The second-order valence-electron chi connectivity index (χ2n) is 6.50. The number of nitrogens with zero attached hydrogens (tertiary/aromatic N) is 4. The van der Waals surface area contributed by atoms with Gasteiger partial charge in [-0.1, -0.05) is 11.6 Å². The van der Waals surface area contributed by atoms with Crippen molar-refractivity contribution < 1.29 is 0 Å². The quantitative estimate of drug-likeness (QED) is 0.530. The summed E-state index contributed by atoms with van der Waals surface area (Å²) in [5.41, 5.74) is 7.03. The fraction of sp³-hybridized carbons (Fsp3) is 0.200. The predicted octanol–water partition coefficient (Wildman–Crippen LogP) is 4.86. The molecule has 3 heterocycles. The zero-order valence-corrected chi connectivity index (χ0v) is 16.0. The van der Waals surface area contributed by atoms with E-state index in [1.54, 1.807) is 18.7 Å². The van der Waals surface area contributed by atoms with E-state index in [0.717, 1.165) is 32.8 Å². The van der Waals surface area contributed by atoms with Crippen LogP contribution in [0.4, 0.5) is 5.82 Å². The van der Waals surface area contributed by atoms with Crippen LogP contribution in [0.3, 0.4) is 0 Å². The summed E-state index contributed by atoms with van der Waals surface area (Å²) in [6.45, 7) is 6.26. The van der Waals surface area contributed by atoms with Crippen molar-refractivity contribution in [2.75, 3.05) is 5.32 Å². The fourth-order valence-electron chi connectivity index (χ4n) is 3.46. The zero-order chi connectivity index (χ0) is 19.0. The van der Waals surface area contributed by atoms with Gasteiger partial charge in [-0.2, -0.15) is 0 Å². The summed E-state index contributed by atoms with van der Waals surface area (Å²) in [7, 11) is 0.